The minimum atomic E-state index is -1.84. The lowest BCUT2D eigenvalue weighted by molar-refractivity contribution is 0.414. The van der Waals surface area contributed by atoms with Crippen LogP contribution in [0.5, 0.6) is 0 Å². The summed E-state index contributed by atoms with van der Waals surface area (Å²) in [7, 11) is 1.82. The van der Waals surface area contributed by atoms with Crippen molar-refractivity contribution in [1.29, 1.82) is 0 Å². The second-order valence-corrected chi connectivity index (χ2v) is 3.70. The van der Waals surface area contributed by atoms with E-state index in [0.29, 0.717) is 12.1 Å². The lowest BCUT2D eigenvalue weighted by Gasteiger charge is -2.13. The van der Waals surface area contributed by atoms with Crippen molar-refractivity contribution in [1.82, 2.24) is 0 Å². The number of anilines is 1. The molecule has 0 radical (unpaired) electrons. The first-order valence-corrected chi connectivity index (χ1v) is 5.04. The molecule has 1 rings (SSSR count). The Labute approximate surface area is 92.7 Å². The van der Waals surface area contributed by atoms with Gasteiger partial charge >= 0.3 is 0 Å². The third kappa shape index (κ3) is 2.19. The van der Waals surface area contributed by atoms with Gasteiger partial charge < -0.3 is 5.32 Å². The first-order valence-electron chi connectivity index (χ1n) is 4.46. The normalized spacial score (nSPS) is 10.4. The SMILES string of the molecule is C=C(CC)Nc1c(F)c(F)c(F)c(F)c1P. The summed E-state index contributed by atoms with van der Waals surface area (Å²) in [6, 6.07) is 0. The Morgan fingerprint density at radius 1 is 1.12 bits per heavy atom. The molecule has 0 heterocycles. The topological polar surface area (TPSA) is 12.0 Å². The molecule has 0 bridgehead atoms. The highest BCUT2D eigenvalue weighted by atomic mass is 31.0. The van der Waals surface area contributed by atoms with Gasteiger partial charge in [0, 0.05) is 11.0 Å². The number of nitrogens with one attached hydrogen (secondary N) is 1. The number of hydrogen-bond acceptors (Lipinski definition) is 1. The molecular weight excluding hydrogens is 241 g/mol. The smallest absolute Gasteiger partial charge is 0.199 e. The molecule has 16 heavy (non-hydrogen) atoms. The highest BCUT2D eigenvalue weighted by molar-refractivity contribution is 7.28. The van der Waals surface area contributed by atoms with Gasteiger partial charge in [-0.05, 0) is 6.42 Å². The molecule has 0 spiro atoms. The van der Waals surface area contributed by atoms with Crippen molar-refractivity contribution in [3.63, 3.8) is 0 Å². The quantitative estimate of drug-likeness (QED) is 0.377. The van der Waals surface area contributed by atoms with Gasteiger partial charge in [-0.2, -0.15) is 0 Å². The summed E-state index contributed by atoms with van der Waals surface area (Å²) in [5, 5.41) is 2.00. The number of rotatable bonds is 3. The van der Waals surface area contributed by atoms with Crippen molar-refractivity contribution in [3.05, 3.63) is 35.5 Å². The zero-order valence-corrected chi connectivity index (χ0v) is 9.66. The number of halogens is 4. The lowest BCUT2D eigenvalue weighted by atomic mass is 10.2. The molecule has 0 aliphatic carbocycles. The van der Waals surface area contributed by atoms with Crippen LogP contribution in [0.15, 0.2) is 12.3 Å². The van der Waals surface area contributed by atoms with E-state index in [1.165, 1.54) is 0 Å². The zero-order valence-electron chi connectivity index (χ0n) is 8.50. The fraction of sp³-hybridized carbons (Fsp3) is 0.200. The highest BCUT2D eigenvalue weighted by Crippen LogP contribution is 2.24. The summed E-state index contributed by atoms with van der Waals surface area (Å²) in [4.78, 5) is 0. The van der Waals surface area contributed by atoms with E-state index in [2.05, 4.69) is 11.9 Å². The third-order valence-electron chi connectivity index (χ3n) is 2.03. The molecule has 0 aliphatic rings. The first kappa shape index (κ1) is 13.0. The van der Waals surface area contributed by atoms with Crippen molar-refractivity contribution < 1.29 is 17.6 Å². The van der Waals surface area contributed by atoms with Gasteiger partial charge in [0.05, 0.1) is 5.69 Å². The van der Waals surface area contributed by atoms with Crippen LogP contribution in [-0.2, 0) is 0 Å². The van der Waals surface area contributed by atoms with Gasteiger partial charge in [0.25, 0.3) is 0 Å². The van der Waals surface area contributed by atoms with Crippen molar-refractivity contribution in [2.45, 2.75) is 13.3 Å². The van der Waals surface area contributed by atoms with E-state index < -0.39 is 34.3 Å². The summed E-state index contributed by atoms with van der Waals surface area (Å²) in [6.45, 7) is 5.23. The van der Waals surface area contributed by atoms with Crippen LogP contribution in [0.1, 0.15) is 13.3 Å². The number of benzene rings is 1. The molecule has 0 aromatic heterocycles. The molecular formula is C10H10F4NP. The summed E-state index contributed by atoms with van der Waals surface area (Å²) in [5.74, 6) is -6.56. The fourth-order valence-electron chi connectivity index (χ4n) is 1.04. The van der Waals surface area contributed by atoms with Gasteiger partial charge in [-0.15, -0.1) is 0 Å². The van der Waals surface area contributed by atoms with Crippen molar-refractivity contribution in [2.24, 2.45) is 0 Å². The zero-order chi connectivity index (χ0) is 12.5. The minimum absolute atomic E-state index is 0.369. The highest BCUT2D eigenvalue weighted by Gasteiger charge is 2.23. The molecule has 1 aromatic carbocycles. The molecule has 1 atom stereocenters. The van der Waals surface area contributed by atoms with E-state index in [0.717, 1.165) is 0 Å². The predicted octanol–water partition coefficient (Wildman–Crippen LogP) is 3.08. The molecule has 0 saturated carbocycles. The van der Waals surface area contributed by atoms with Crippen LogP contribution in [0.25, 0.3) is 0 Å². The summed E-state index contributed by atoms with van der Waals surface area (Å²) in [5.41, 5.74) is -0.0822. The molecule has 1 N–H and O–H groups in total. The predicted molar refractivity (Wildman–Crippen MR) is 58.7 cm³/mol. The molecule has 1 aromatic rings. The van der Waals surface area contributed by atoms with Crippen LogP contribution in [0.2, 0.25) is 0 Å². The molecule has 6 heteroatoms. The standard InChI is InChI=1S/C10H10F4NP/c1-3-4(2)15-9-7(13)5(11)6(12)8(14)10(9)16/h15H,2-3,16H2,1H3. The Balaban J connectivity index is 3.34. The van der Waals surface area contributed by atoms with Crippen molar-refractivity contribution in [3.8, 4) is 0 Å². The maximum absolute atomic E-state index is 13.3. The average Bonchev–Trinajstić information content (AvgIpc) is 2.29. The van der Waals surface area contributed by atoms with E-state index in [1.54, 1.807) is 6.92 Å². The monoisotopic (exact) mass is 251 g/mol. The van der Waals surface area contributed by atoms with E-state index in [-0.39, 0.29) is 0 Å². The van der Waals surface area contributed by atoms with Crippen LogP contribution in [0.3, 0.4) is 0 Å². The van der Waals surface area contributed by atoms with Gasteiger partial charge in [-0.3, -0.25) is 0 Å². The molecule has 88 valence electrons. The Kier molecular flexibility index (Phi) is 3.92. The van der Waals surface area contributed by atoms with Crippen LogP contribution in [0.4, 0.5) is 23.2 Å². The summed E-state index contributed by atoms with van der Waals surface area (Å²) in [6.07, 6.45) is 0.449. The first-order chi connectivity index (χ1) is 7.40. The van der Waals surface area contributed by atoms with Gasteiger partial charge in [0.15, 0.2) is 23.3 Å². The van der Waals surface area contributed by atoms with Crippen molar-refractivity contribution >= 4 is 20.2 Å². The van der Waals surface area contributed by atoms with Crippen molar-refractivity contribution in [2.75, 3.05) is 5.32 Å². The Bertz CT molecular complexity index is 416. The van der Waals surface area contributed by atoms with Gasteiger partial charge in [0.2, 0.25) is 0 Å². The minimum Gasteiger partial charge on any atom is -0.356 e. The van der Waals surface area contributed by atoms with Gasteiger partial charge in [-0.1, -0.05) is 22.7 Å². The number of allylic oxidation sites excluding steroid dienone is 1. The Hall–Kier alpha value is -1.09. The van der Waals surface area contributed by atoms with Crippen LogP contribution < -0.4 is 10.6 Å². The van der Waals surface area contributed by atoms with Crippen LogP contribution in [-0.4, -0.2) is 0 Å². The third-order valence-corrected chi connectivity index (χ3v) is 2.57. The maximum atomic E-state index is 13.3. The second-order valence-electron chi connectivity index (χ2n) is 3.13. The van der Waals surface area contributed by atoms with E-state index in [9.17, 15) is 17.6 Å². The Morgan fingerprint density at radius 3 is 2.12 bits per heavy atom. The van der Waals surface area contributed by atoms with E-state index >= 15 is 0 Å². The van der Waals surface area contributed by atoms with Gasteiger partial charge in [-0.25, -0.2) is 17.6 Å². The van der Waals surface area contributed by atoms with Gasteiger partial charge in [0.1, 0.15) is 0 Å². The maximum Gasteiger partial charge on any atom is 0.199 e. The average molecular weight is 251 g/mol. The number of hydrogen-bond donors (Lipinski definition) is 1. The molecule has 0 saturated heterocycles. The molecule has 0 fully saturated rings. The lowest BCUT2D eigenvalue weighted by Crippen LogP contribution is -2.16. The fourth-order valence-corrected chi connectivity index (χ4v) is 1.36. The van der Waals surface area contributed by atoms with Crippen LogP contribution >= 0.6 is 9.24 Å². The largest absolute Gasteiger partial charge is 0.356 e. The summed E-state index contributed by atoms with van der Waals surface area (Å²) < 4.78 is 52.1. The summed E-state index contributed by atoms with van der Waals surface area (Å²) >= 11 is 0. The molecule has 1 unspecified atom stereocenters. The van der Waals surface area contributed by atoms with E-state index in [4.69, 9.17) is 0 Å². The van der Waals surface area contributed by atoms with Crippen LogP contribution in [0, 0.1) is 23.3 Å². The van der Waals surface area contributed by atoms with E-state index in [1.807, 2.05) is 9.24 Å². The second kappa shape index (κ2) is 4.83. The molecule has 0 amide bonds. The molecule has 1 nitrogen and oxygen atoms in total. The Morgan fingerprint density at radius 2 is 1.62 bits per heavy atom. The molecule has 0 aliphatic heterocycles.